The van der Waals surface area contributed by atoms with Gasteiger partial charge in [-0.15, -0.1) is 0 Å². The highest BCUT2D eigenvalue weighted by Crippen LogP contribution is 2.49. The zero-order chi connectivity index (χ0) is 19.5. The van der Waals surface area contributed by atoms with Crippen LogP contribution in [0.2, 0.25) is 0 Å². The number of fused-ring (bicyclic) bond motifs is 3. The molecule has 2 N–H and O–H groups in total. The van der Waals surface area contributed by atoms with E-state index in [2.05, 4.69) is 67.8 Å². The van der Waals surface area contributed by atoms with Gasteiger partial charge < -0.3 is 10.6 Å². The molecule has 28 heavy (non-hydrogen) atoms. The Hall–Kier alpha value is -2.29. The van der Waals surface area contributed by atoms with E-state index in [1.54, 1.807) is 0 Å². The molecule has 1 spiro atoms. The van der Waals surface area contributed by atoms with E-state index in [0.29, 0.717) is 24.3 Å². The van der Waals surface area contributed by atoms with Crippen molar-refractivity contribution in [1.82, 2.24) is 5.32 Å². The Balaban J connectivity index is 1.31. The molecule has 1 fully saturated rings. The van der Waals surface area contributed by atoms with Crippen LogP contribution in [0.5, 0.6) is 0 Å². The number of benzene rings is 2. The van der Waals surface area contributed by atoms with E-state index in [0.717, 1.165) is 25.7 Å². The third-order valence-corrected chi connectivity index (χ3v) is 6.96. The molecule has 2 heterocycles. The fourth-order valence-corrected chi connectivity index (χ4v) is 5.11. The molecular weight excluding hydrogens is 344 g/mol. The lowest BCUT2D eigenvalue weighted by molar-refractivity contribution is -0.122. The predicted molar refractivity (Wildman–Crippen MR) is 114 cm³/mol. The molecule has 146 valence electrons. The molecule has 0 bridgehead atoms. The van der Waals surface area contributed by atoms with Gasteiger partial charge in [0.25, 0.3) is 0 Å². The van der Waals surface area contributed by atoms with Crippen molar-refractivity contribution < 1.29 is 4.79 Å². The van der Waals surface area contributed by atoms with Gasteiger partial charge in [0.1, 0.15) is 0 Å². The van der Waals surface area contributed by atoms with Crippen molar-refractivity contribution in [3.05, 3.63) is 64.2 Å². The summed E-state index contributed by atoms with van der Waals surface area (Å²) in [5.74, 6) is 1.22. The molecule has 2 aromatic rings. The summed E-state index contributed by atoms with van der Waals surface area (Å²) in [6.07, 6.45) is 4.92. The lowest BCUT2D eigenvalue weighted by Gasteiger charge is -2.28. The minimum absolute atomic E-state index is 0.0325. The van der Waals surface area contributed by atoms with Crippen molar-refractivity contribution >= 4 is 11.6 Å². The van der Waals surface area contributed by atoms with Crippen LogP contribution in [0.4, 0.5) is 5.69 Å². The molecule has 5 rings (SSSR count). The van der Waals surface area contributed by atoms with E-state index in [1.807, 2.05) is 0 Å². The average molecular weight is 375 g/mol. The van der Waals surface area contributed by atoms with Gasteiger partial charge in [0.2, 0.25) is 5.91 Å². The maximum atomic E-state index is 12.1. The van der Waals surface area contributed by atoms with Gasteiger partial charge in [-0.05, 0) is 71.4 Å². The van der Waals surface area contributed by atoms with Gasteiger partial charge in [-0.1, -0.05) is 51.1 Å². The highest BCUT2D eigenvalue weighted by Gasteiger charge is 2.49. The van der Waals surface area contributed by atoms with Crippen LogP contribution in [0.3, 0.4) is 0 Å². The first-order valence-electron chi connectivity index (χ1n) is 10.8. The van der Waals surface area contributed by atoms with Crippen molar-refractivity contribution in [3.8, 4) is 0 Å². The number of hydrogen-bond acceptors (Lipinski definition) is 2. The fourth-order valence-electron chi connectivity index (χ4n) is 5.11. The lowest BCUT2D eigenvalue weighted by atomic mass is 9.86. The van der Waals surface area contributed by atoms with Crippen LogP contribution in [-0.2, 0) is 23.2 Å². The Labute approximate surface area is 167 Å². The SMILES string of the molecule is CC(C)c1ccc2c(c1)NC(CC(C)c1ccc3c(c1)CC(=O)NC31CC1)C2. The first-order valence-corrected chi connectivity index (χ1v) is 10.8. The Morgan fingerprint density at radius 3 is 2.57 bits per heavy atom. The van der Waals surface area contributed by atoms with E-state index in [-0.39, 0.29) is 11.4 Å². The van der Waals surface area contributed by atoms with E-state index in [9.17, 15) is 4.79 Å². The predicted octanol–water partition coefficient (Wildman–Crippen LogP) is 5.00. The zero-order valence-electron chi connectivity index (χ0n) is 17.1. The number of amides is 1. The quantitative estimate of drug-likeness (QED) is 0.790. The topological polar surface area (TPSA) is 41.1 Å². The van der Waals surface area contributed by atoms with Gasteiger partial charge in [-0.3, -0.25) is 4.79 Å². The second-order valence-electron chi connectivity index (χ2n) is 9.48. The molecule has 3 heteroatoms. The Kier molecular flexibility index (Phi) is 4.04. The molecule has 1 aliphatic carbocycles. The zero-order valence-corrected chi connectivity index (χ0v) is 17.1. The first kappa shape index (κ1) is 17.8. The Morgan fingerprint density at radius 2 is 1.82 bits per heavy atom. The summed E-state index contributed by atoms with van der Waals surface area (Å²) >= 11 is 0. The van der Waals surface area contributed by atoms with Crippen LogP contribution in [-0.4, -0.2) is 11.9 Å². The van der Waals surface area contributed by atoms with Crippen LogP contribution < -0.4 is 10.6 Å². The number of rotatable bonds is 4. The molecule has 0 aromatic heterocycles. The summed E-state index contributed by atoms with van der Waals surface area (Å²) in [4.78, 5) is 12.1. The standard InChI is InChI=1S/C25H30N2O/c1-15(2)17-4-5-19-12-21(26-23(19)13-17)10-16(3)18-6-7-22-20(11-18)14-24(28)27-25(22)8-9-25/h4-7,11,13,15-16,21,26H,8-10,12,14H2,1-3H3,(H,27,28). The van der Waals surface area contributed by atoms with E-state index in [1.165, 1.54) is 33.5 Å². The number of nitrogens with one attached hydrogen (secondary N) is 2. The van der Waals surface area contributed by atoms with E-state index in [4.69, 9.17) is 0 Å². The van der Waals surface area contributed by atoms with E-state index >= 15 is 0 Å². The molecule has 2 atom stereocenters. The summed E-state index contributed by atoms with van der Waals surface area (Å²) in [5, 5.41) is 6.96. The number of anilines is 1. The summed E-state index contributed by atoms with van der Waals surface area (Å²) in [6, 6.07) is 14.3. The monoisotopic (exact) mass is 374 g/mol. The highest BCUT2D eigenvalue weighted by atomic mass is 16.1. The fraction of sp³-hybridized carbons (Fsp3) is 0.480. The van der Waals surface area contributed by atoms with Gasteiger partial charge in [-0.2, -0.15) is 0 Å². The minimum atomic E-state index is -0.0325. The molecule has 2 aliphatic heterocycles. The summed E-state index contributed by atoms with van der Waals surface area (Å²) in [6.45, 7) is 6.82. The van der Waals surface area contributed by atoms with Crippen molar-refractivity contribution in [2.45, 2.75) is 76.3 Å². The molecular formula is C25H30N2O. The Morgan fingerprint density at radius 1 is 1.04 bits per heavy atom. The number of hydrogen-bond donors (Lipinski definition) is 2. The summed E-state index contributed by atoms with van der Waals surface area (Å²) in [5.41, 5.74) is 8.10. The van der Waals surface area contributed by atoms with Crippen molar-refractivity contribution in [3.63, 3.8) is 0 Å². The summed E-state index contributed by atoms with van der Waals surface area (Å²) in [7, 11) is 0. The lowest BCUT2D eigenvalue weighted by Crippen LogP contribution is -2.41. The Bertz CT molecular complexity index is 942. The number of carbonyl (C=O) groups excluding carboxylic acids is 1. The molecule has 1 saturated carbocycles. The highest BCUT2D eigenvalue weighted by molar-refractivity contribution is 5.83. The van der Waals surface area contributed by atoms with Crippen LogP contribution in [0.25, 0.3) is 0 Å². The second-order valence-corrected chi connectivity index (χ2v) is 9.48. The molecule has 1 amide bonds. The van der Waals surface area contributed by atoms with Gasteiger partial charge >= 0.3 is 0 Å². The van der Waals surface area contributed by atoms with Gasteiger partial charge in [0.15, 0.2) is 0 Å². The molecule has 0 saturated heterocycles. The normalized spacial score (nSPS) is 22.4. The third-order valence-electron chi connectivity index (χ3n) is 6.96. The first-order chi connectivity index (χ1) is 13.4. The third kappa shape index (κ3) is 3.01. The van der Waals surface area contributed by atoms with Crippen LogP contribution in [0.15, 0.2) is 36.4 Å². The van der Waals surface area contributed by atoms with Crippen molar-refractivity contribution in [2.75, 3.05) is 5.32 Å². The molecule has 0 radical (unpaired) electrons. The summed E-state index contributed by atoms with van der Waals surface area (Å²) < 4.78 is 0. The van der Waals surface area contributed by atoms with E-state index < -0.39 is 0 Å². The average Bonchev–Trinajstić information content (AvgIpc) is 3.29. The van der Waals surface area contributed by atoms with Crippen LogP contribution in [0, 0.1) is 0 Å². The van der Waals surface area contributed by atoms with Crippen LogP contribution in [0.1, 0.15) is 79.7 Å². The van der Waals surface area contributed by atoms with Gasteiger partial charge in [-0.25, -0.2) is 0 Å². The smallest absolute Gasteiger partial charge is 0.225 e. The maximum Gasteiger partial charge on any atom is 0.225 e. The maximum absolute atomic E-state index is 12.1. The molecule has 2 aromatic carbocycles. The largest absolute Gasteiger partial charge is 0.382 e. The number of carbonyl (C=O) groups is 1. The van der Waals surface area contributed by atoms with Crippen LogP contribution >= 0.6 is 0 Å². The van der Waals surface area contributed by atoms with Crippen molar-refractivity contribution in [2.24, 2.45) is 0 Å². The minimum Gasteiger partial charge on any atom is -0.382 e. The molecule has 3 nitrogen and oxygen atoms in total. The molecule has 3 aliphatic rings. The molecule has 2 unspecified atom stereocenters. The van der Waals surface area contributed by atoms with Crippen molar-refractivity contribution in [1.29, 1.82) is 0 Å². The van der Waals surface area contributed by atoms with Gasteiger partial charge in [0.05, 0.1) is 12.0 Å². The van der Waals surface area contributed by atoms with Gasteiger partial charge in [0, 0.05) is 11.7 Å². The second kappa shape index (κ2) is 6.37.